The van der Waals surface area contributed by atoms with Crippen molar-refractivity contribution in [3.8, 4) is 12.2 Å². The molecule has 1 aromatic heterocycles. The van der Waals surface area contributed by atoms with Gasteiger partial charge in [-0.15, -0.1) is 0 Å². The summed E-state index contributed by atoms with van der Waals surface area (Å²) in [6, 6.07) is 13.5. The van der Waals surface area contributed by atoms with Gasteiger partial charge in [0.05, 0.1) is 17.3 Å². The molecule has 3 aromatic rings. The van der Waals surface area contributed by atoms with E-state index in [0.717, 1.165) is 84.9 Å². The molecule has 4 heterocycles. The van der Waals surface area contributed by atoms with Crippen molar-refractivity contribution in [3.63, 3.8) is 0 Å². The molecule has 0 spiro atoms. The maximum Gasteiger partial charge on any atom is 0.318 e. The first kappa shape index (κ1) is 26.0. The smallest absolute Gasteiger partial charge is 0.318 e. The second-order valence-corrected chi connectivity index (χ2v) is 11.5. The summed E-state index contributed by atoms with van der Waals surface area (Å²) in [4.78, 5) is 18.8. The lowest BCUT2D eigenvalue weighted by Crippen LogP contribution is -2.46. The van der Waals surface area contributed by atoms with Gasteiger partial charge in [0.15, 0.2) is 6.19 Å². The molecule has 204 valence electrons. The van der Waals surface area contributed by atoms with Crippen LogP contribution in [0.25, 0.3) is 10.8 Å². The second kappa shape index (κ2) is 11.1. The van der Waals surface area contributed by atoms with Gasteiger partial charge in [-0.1, -0.05) is 35.9 Å². The van der Waals surface area contributed by atoms with Crippen molar-refractivity contribution in [1.29, 1.82) is 5.26 Å². The van der Waals surface area contributed by atoms with Gasteiger partial charge in [0.2, 0.25) is 0 Å². The van der Waals surface area contributed by atoms with E-state index >= 15 is 0 Å². The zero-order valence-corrected chi connectivity index (χ0v) is 23.6. The van der Waals surface area contributed by atoms with E-state index in [1.54, 1.807) is 0 Å². The molecule has 0 amide bonds. The summed E-state index contributed by atoms with van der Waals surface area (Å²) < 4.78 is 6.28. The van der Waals surface area contributed by atoms with Gasteiger partial charge in [-0.05, 0) is 63.2 Å². The fourth-order valence-electron chi connectivity index (χ4n) is 6.39. The number of rotatable bonds is 6. The highest BCUT2D eigenvalue weighted by Crippen LogP contribution is 2.37. The Balaban J connectivity index is 1.34. The highest BCUT2D eigenvalue weighted by molar-refractivity contribution is 6.36. The van der Waals surface area contributed by atoms with E-state index in [0.29, 0.717) is 25.2 Å². The largest absolute Gasteiger partial charge is 0.462 e. The minimum atomic E-state index is 0.223. The van der Waals surface area contributed by atoms with Gasteiger partial charge in [0, 0.05) is 55.4 Å². The van der Waals surface area contributed by atoms with Crippen LogP contribution in [0.3, 0.4) is 0 Å². The lowest BCUT2D eigenvalue weighted by molar-refractivity contribution is 0.187. The van der Waals surface area contributed by atoms with E-state index in [4.69, 9.17) is 26.3 Å². The molecule has 0 N–H and O–H groups in total. The molecule has 1 unspecified atom stereocenters. The first-order valence-electron chi connectivity index (χ1n) is 14.0. The second-order valence-electron chi connectivity index (χ2n) is 11.1. The Morgan fingerprint density at radius 3 is 2.72 bits per heavy atom. The number of fused-ring (bicyclic) bond motifs is 2. The SMILES string of the molecule is CN(c1nc(OC[C@@H]2CCCN2C)nc2c1CCN(c1cccc3cccc(Cl)c13)C2)C1CCCN(C#N)C1. The molecule has 2 aromatic carbocycles. The molecule has 2 atom stereocenters. The Hall–Kier alpha value is -3.28. The average Bonchev–Trinajstić information content (AvgIpc) is 3.39. The lowest BCUT2D eigenvalue weighted by Gasteiger charge is -2.38. The maximum atomic E-state index is 9.52. The number of nitrogens with zero attached hydrogens (tertiary/aromatic N) is 7. The molecule has 9 heteroatoms. The van der Waals surface area contributed by atoms with Crippen molar-refractivity contribution in [3.05, 3.63) is 52.7 Å². The summed E-state index contributed by atoms with van der Waals surface area (Å²) >= 11 is 6.69. The zero-order valence-electron chi connectivity index (χ0n) is 22.8. The molecule has 3 aliphatic heterocycles. The molecule has 0 bridgehead atoms. The molecule has 39 heavy (non-hydrogen) atoms. The Labute approximate surface area is 235 Å². The Morgan fingerprint density at radius 2 is 1.92 bits per heavy atom. The minimum absolute atomic E-state index is 0.223. The van der Waals surface area contributed by atoms with Gasteiger partial charge in [-0.2, -0.15) is 15.2 Å². The van der Waals surface area contributed by atoms with E-state index in [-0.39, 0.29) is 6.04 Å². The van der Waals surface area contributed by atoms with Crippen molar-refractivity contribution in [2.24, 2.45) is 0 Å². The van der Waals surface area contributed by atoms with Crippen LogP contribution >= 0.6 is 11.6 Å². The molecule has 0 saturated carbocycles. The van der Waals surface area contributed by atoms with Gasteiger partial charge < -0.3 is 24.3 Å². The fraction of sp³-hybridized carbons (Fsp3) is 0.500. The minimum Gasteiger partial charge on any atom is -0.462 e. The number of hydrogen-bond donors (Lipinski definition) is 0. The third-order valence-corrected chi connectivity index (χ3v) is 9.01. The number of ether oxygens (including phenoxy) is 1. The number of benzene rings is 2. The van der Waals surface area contributed by atoms with Crippen LogP contribution in [0.2, 0.25) is 5.02 Å². The van der Waals surface area contributed by atoms with Gasteiger partial charge in [-0.25, -0.2) is 0 Å². The Bertz CT molecular complexity index is 1390. The van der Waals surface area contributed by atoms with Crippen LogP contribution in [0.1, 0.15) is 36.9 Å². The van der Waals surface area contributed by atoms with Crippen LogP contribution in [0.5, 0.6) is 6.01 Å². The summed E-state index contributed by atoms with van der Waals surface area (Å²) in [6.45, 7) is 4.75. The Morgan fingerprint density at radius 1 is 1.10 bits per heavy atom. The number of piperidine rings is 1. The highest BCUT2D eigenvalue weighted by Gasteiger charge is 2.30. The van der Waals surface area contributed by atoms with Crippen LogP contribution in [0.4, 0.5) is 11.5 Å². The number of aromatic nitrogens is 2. The standard InChI is InChI=1S/C30H36ClN7O/c1-35-14-5-10-23(35)19-39-30-33-26-18-38(27-12-4-8-21-7-3-11-25(31)28(21)27)16-13-24(26)29(34-30)36(2)22-9-6-15-37(17-22)20-32/h3-4,7-8,11-12,22-23H,5-6,9-10,13-19H2,1-2H3/t22?,23-/m0/s1. The van der Waals surface area contributed by atoms with Gasteiger partial charge in [0.25, 0.3) is 0 Å². The van der Waals surface area contributed by atoms with E-state index in [1.165, 1.54) is 12.0 Å². The predicted molar refractivity (Wildman–Crippen MR) is 156 cm³/mol. The molecule has 2 fully saturated rings. The molecular formula is C30H36ClN7O. The summed E-state index contributed by atoms with van der Waals surface area (Å²) in [7, 11) is 4.27. The van der Waals surface area contributed by atoms with Crippen molar-refractivity contribution in [2.75, 3.05) is 56.7 Å². The molecule has 8 nitrogen and oxygen atoms in total. The normalized spacial score (nSPS) is 21.6. The lowest BCUT2D eigenvalue weighted by atomic mass is 10.00. The van der Waals surface area contributed by atoms with Crippen molar-refractivity contribution in [2.45, 2.75) is 50.7 Å². The molecule has 0 radical (unpaired) electrons. The zero-order chi connectivity index (χ0) is 26.9. The third kappa shape index (κ3) is 5.18. The first-order chi connectivity index (χ1) is 19.0. The number of halogens is 1. The first-order valence-corrected chi connectivity index (χ1v) is 14.4. The number of hydrogen-bond acceptors (Lipinski definition) is 8. The summed E-state index contributed by atoms with van der Waals surface area (Å²) in [6.07, 6.45) is 7.54. The van der Waals surface area contributed by atoms with Gasteiger partial charge in [0.1, 0.15) is 12.4 Å². The van der Waals surface area contributed by atoms with Crippen molar-refractivity contribution >= 4 is 33.9 Å². The third-order valence-electron chi connectivity index (χ3n) is 8.69. The number of anilines is 2. The Kier molecular flexibility index (Phi) is 7.37. The predicted octanol–water partition coefficient (Wildman–Crippen LogP) is 4.70. The van der Waals surface area contributed by atoms with Gasteiger partial charge in [-0.3, -0.25) is 0 Å². The molecule has 6 rings (SSSR count). The quantitative estimate of drug-likeness (QED) is 0.413. The van der Waals surface area contributed by atoms with Crippen LogP contribution < -0.4 is 14.5 Å². The van der Waals surface area contributed by atoms with Crippen molar-refractivity contribution < 1.29 is 4.74 Å². The molecule has 2 saturated heterocycles. The average molecular weight is 546 g/mol. The molecular weight excluding hydrogens is 510 g/mol. The van der Waals surface area contributed by atoms with E-state index < -0.39 is 0 Å². The van der Waals surface area contributed by atoms with Crippen LogP contribution in [0.15, 0.2) is 36.4 Å². The summed E-state index contributed by atoms with van der Waals surface area (Å²) in [5.41, 5.74) is 3.31. The van der Waals surface area contributed by atoms with Crippen LogP contribution in [-0.4, -0.2) is 78.7 Å². The molecule has 3 aliphatic rings. The highest BCUT2D eigenvalue weighted by atomic mass is 35.5. The fourth-order valence-corrected chi connectivity index (χ4v) is 6.66. The summed E-state index contributed by atoms with van der Waals surface area (Å²) in [5.74, 6) is 0.940. The maximum absolute atomic E-state index is 9.52. The van der Waals surface area contributed by atoms with E-state index in [2.05, 4.69) is 59.3 Å². The molecule has 0 aliphatic carbocycles. The van der Waals surface area contributed by atoms with Gasteiger partial charge >= 0.3 is 6.01 Å². The summed E-state index contributed by atoms with van der Waals surface area (Å²) in [5, 5.41) is 12.5. The van der Waals surface area contributed by atoms with E-state index in [9.17, 15) is 5.26 Å². The number of likely N-dealkylation sites (tertiary alicyclic amines) is 2. The van der Waals surface area contributed by atoms with Crippen LogP contribution in [0, 0.1) is 11.5 Å². The monoisotopic (exact) mass is 545 g/mol. The number of nitriles is 1. The van der Waals surface area contributed by atoms with Crippen LogP contribution in [-0.2, 0) is 13.0 Å². The topological polar surface area (TPSA) is 71.8 Å². The van der Waals surface area contributed by atoms with Crippen molar-refractivity contribution in [1.82, 2.24) is 19.8 Å². The van der Waals surface area contributed by atoms with E-state index in [1.807, 2.05) is 17.0 Å². The number of likely N-dealkylation sites (N-methyl/N-ethyl adjacent to an activating group) is 2.